The third kappa shape index (κ3) is 3.91. The molecule has 9 nitrogen and oxygen atoms in total. The van der Waals surface area contributed by atoms with Crippen molar-refractivity contribution in [2.45, 2.75) is 13.0 Å². The Kier molecular flexibility index (Phi) is 5.39. The Balaban J connectivity index is 1.51. The molecular weight excluding hydrogens is 374 g/mol. The van der Waals surface area contributed by atoms with Crippen LogP contribution in [0.1, 0.15) is 21.7 Å². The van der Waals surface area contributed by atoms with E-state index in [9.17, 15) is 9.59 Å². The van der Waals surface area contributed by atoms with E-state index < -0.39 is 0 Å². The van der Waals surface area contributed by atoms with Gasteiger partial charge in [-0.3, -0.25) is 9.48 Å². The lowest BCUT2D eigenvalue weighted by Gasteiger charge is -2.29. The summed E-state index contributed by atoms with van der Waals surface area (Å²) in [6.07, 6.45) is 0.654. The Morgan fingerprint density at radius 3 is 2.72 bits per heavy atom. The number of nitrogens with one attached hydrogen (secondary N) is 1. The molecule has 0 aliphatic carbocycles. The van der Waals surface area contributed by atoms with Crippen molar-refractivity contribution in [2.24, 2.45) is 7.05 Å². The lowest BCUT2D eigenvalue weighted by Crippen LogP contribution is -2.42. The highest BCUT2D eigenvalue weighted by Crippen LogP contribution is 2.25. The maximum absolute atomic E-state index is 13.0. The number of fused-ring (bicyclic) bond motifs is 1. The van der Waals surface area contributed by atoms with Gasteiger partial charge in [0.15, 0.2) is 5.69 Å². The van der Waals surface area contributed by atoms with Crippen LogP contribution >= 0.6 is 0 Å². The number of hydrogen-bond donors (Lipinski definition) is 1. The number of morpholine rings is 1. The summed E-state index contributed by atoms with van der Waals surface area (Å²) < 4.78 is 12.3. The standard InChI is InChI=1S/C20H25N5O4/c1-23-17-6-7-25(20(27)21-14-4-3-5-15(12-14)28-2)13-16(17)18(22-23)19(26)24-8-10-29-11-9-24/h3-5,12H,6-11,13H2,1-2H3,(H,21,27). The van der Waals surface area contributed by atoms with Crippen molar-refractivity contribution in [1.29, 1.82) is 0 Å². The van der Waals surface area contributed by atoms with Crippen molar-refractivity contribution in [1.82, 2.24) is 19.6 Å². The molecule has 3 amide bonds. The van der Waals surface area contributed by atoms with Crippen molar-refractivity contribution >= 4 is 17.6 Å². The van der Waals surface area contributed by atoms with Gasteiger partial charge in [0, 0.05) is 56.1 Å². The molecule has 4 rings (SSSR count). The van der Waals surface area contributed by atoms with E-state index in [1.807, 2.05) is 25.2 Å². The SMILES string of the molecule is COc1cccc(NC(=O)N2CCc3c(c(C(=O)N4CCOCC4)nn3C)C2)c1. The molecule has 0 bridgehead atoms. The van der Waals surface area contributed by atoms with Crippen LogP contribution < -0.4 is 10.1 Å². The van der Waals surface area contributed by atoms with Crippen LogP contribution in [0, 0.1) is 0 Å². The predicted octanol–water partition coefficient (Wildman–Crippen LogP) is 1.49. The molecule has 0 saturated carbocycles. The van der Waals surface area contributed by atoms with E-state index in [2.05, 4.69) is 10.4 Å². The minimum Gasteiger partial charge on any atom is -0.497 e. The molecule has 2 aromatic rings. The van der Waals surface area contributed by atoms with Crippen LogP contribution in [0.25, 0.3) is 0 Å². The van der Waals surface area contributed by atoms with Crippen molar-refractivity contribution in [3.63, 3.8) is 0 Å². The second-order valence-corrected chi connectivity index (χ2v) is 7.14. The Morgan fingerprint density at radius 2 is 1.97 bits per heavy atom. The summed E-state index contributed by atoms with van der Waals surface area (Å²) in [7, 11) is 3.43. The second kappa shape index (κ2) is 8.12. The first kappa shape index (κ1) is 19.3. The number of ether oxygens (including phenoxy) is 2. The first-order valence-corrected chi connectivity index (χ1v) is 9.68. The molecule has 2 aliphatic rings. The van der Waals surface area contributed by atoms with Crippen molar-refractivity contribution in [3.05, 3.63) is 41.2 Å². The van der Waals surface area contributed by atoms with Gasteiger partial charge >= 0.3 is 6.03 Å². The van der Waals surface area contributed by atoms with Crippen molar-refractivity contribution in [3.8, 4) is 5.75 Å². The topological polar surface area (TPSA) is 88.9 Å². The first-order valence-electron chi connectivity index (χ1n) is 9.68. The van der Waals surface area contributed by atoms with Crippen LogP contribution in [0.5, 0.6) is 5.75 Å². The van der Waals surface area contributed by atoms with Gasteiger partial charge in [0.1, 0.15) is 5.75 Å². The average Bonchev–Trinajstić information content (AvgIpc) is 3.10. The van der Waals surface area contributed by atoms with Gasteiger partial charge in [0.25, 0.3) is 5.91 Å². The maximum Gasteiger partial charge on any atom is 0.322 e. The summed E-state index contributed by atoms with van der Waals surface area (Å²) >= 11 is 0. The number of methoxy groups -OCH3 is 1. The fourth-order valence-electron chi connectivity index (χ4n) is 3.76. The minimum atomic E-state index is -0.211. The van der Waals surface area contributed by atoms with Crippen LogP contribution in [0.2, 0.25) is 0 Å². The molecule has 0 radical (unpaired) electrons. The molecule has 2 aliphatic heterocycles. The van der Waals surface area contributed by atoms with Crippen LogP contribution in [0.3, 0.4) is 0 Å². The number of rotatable bonds is 3. The number of carbonyl (C=O) groups is 2. The first-order chi connectivity index (χ1) is 14.1. The van der Waals surface area contributed by atoms with E-state index >= 15 is 0 Å². The van der Waals surface area contributed by atoms with Gasteiger partial charge in [-0.1, -0.05) is 6.07 Å². The number of urea groups is 1. The third-order valence-corrected chi connectivity index (χ3v) is 5.35. The fourth-order valence-corrected chi connectivity index (χ4v) is 3.76. The Morgan fingerprint density at radius 1 is 1.17 bits per heavy atom. The number of benzene rings is 1. The monoisotopic (exact) mass is 399 g/mol. The Labute approximate surface area is 169 Å². The van der Waals surface area contributed by atoms with Crippen molar-refractivity contribution in [2.75, 3.05) is 45.3 Å². The number of hydrogen-bond acceptors (Lipinski definition) is 5. The Hall–Kier alpha value is -3.07. The van der Waals surface area contributed by atoms with E-state index in [4.69, 9.17) is 9.47 Å². The second-order valence-electron chi connectivity index (χ2n) is 7.14. The summed E-state index contributed by atoms with van der Waals surface area (Å²) in [6, 6.07) is 7.01. The normalized spacial score (nSPS) is 16.3. The Bertz CT molecular complexity index is 920. The van der Waals surface area contributed by atoms with Gasteiger partial charge < -0.3 is 24.6 Å². The highest BCUT2D eigenvalue weighted by atomic mass is 16.5. The largest absolute Gasteiger partial charge is 0.497 e. The summed E-state index contributed by atoms with van der Waals surface area (Å²) in [6.45, 7) is 3.11. The van der Waals surface area contributed by atoms with Crippen LogP contribution in [0.15, 0.2) is 24.3 Å². The minimum absolute atomic E-state index is 0.0970. The van der Waals surface area contributed by atoms with E-state index in [-0.39, 0.29) is 11.9 Å². The molecule has 9 heteroatoms. The van der Waals surface area contributed by atoms with E-state index in [0.717, 1.165) is 11.3 Å². The number of carbonyl (C=O) groups excluding carboxylic acids is 2. The molecule has 1 aromatic carbocycles. The van der Waals surface area contributed by atoms with Crippen LogP contribution in [0.4, 0.5) is 10.5 Å². The molecule has 0 spiro atoms. The maximum atomic E-state index is 13.0. The predicted molar refractivity (Wildman–Crippen MR) is 106 cm³/mol. The molecule has 0 unspecified atom stereocenters. The number of anilines is 1. The summed E-state index contributed by atoms with van der Waals surface area (Å²) in [5, 5.41) is 7.38. The zero-order valence-corrected chi connectivity index (χ0v) is 16.7. The number of aromatic nitrogens is 2. The highest BCUT2D eigenvalue weighted by Gasteiger charge is 2.31. The lowest BCUT2D eigenvalue weighted by molar-refractivity contribution is 0.0297. The number of nitrogens with zero attached hydrogens (tertiary/aromatic N) is 4. The van der Waals surface area contributed by atoms with Gasteiger partial charge in [-0.05, 0) is 12.1 Å². The molecule has 154 valence electrons. The molecule has 1 fully saturated rings. The van der Waals surface area contributed by atoms with Crippen LogP contribution in [-0.2, 0) is 24.8 Å². The van der Waals surface area contributed by atoms with Gasteiger partial charge in [0.05, 0.1) is 26.9 Å². The molecule has 29 heavy (non-hydrogen) atoms. The average molecular weight is 399 g/mol. The smallest absolute Gasteiger partial charge is 0.322 e. The van der Waals surface area contributed by atoms with Gasteiger partial charge in [-0.25, -0.2) is 4.79 Å². The molecule has 1 saturated heterocycles. The quantitative estimate of drug-likeness (QED) is 0.845. The summed E-state index contributed by atoms with van der Waals surface area (Å²) in [5.74, 6) is 0.578. The number of amides is 3. The molecule has 1 aromatic heterocycles. The number of aryl methyl sites for hydroxylation is 1. The van der Waals surface area contributed by atoms with E-state index in [1.54, 1.807) is 27.7 Å². The fraction of sp³-hybridized carbons (Fsp3) is 0.450. The van der Waals surface area contributed by atoms with Gasteiger partial charge in [-0.15, -0.1) is 0 Å². The third-order valence-electron chi connectivity index (χ3n) is 5.35. The van der Waals surface area contributed by atoms with Crippen molar-refractivity contribution < 1.29 is 19.1 Å². The van der Waals surface area contributed by atoms with E-state index in [1.165, 1.54) is 0 Å². The summed E-state index contributed by atoms with van der Waals surface area (Å²) in [5.41, 5.74) is 2.93. The van der Waals surface area contributed by atoms with Gasteiger partial charge in [0.2, 0.25) is 0 Å². The van der Waals surface area contributed by atoms with Gasteiger partial charge in [-0.2, -0.15) is 5.10 Å². The lowest BCUT2D eigenvalue weighted by atomic mass is 10.0. The van der Waals surface area contributed by atoms with E-state index in [0.29, 0.717) is 62.9 Å². The zero-order chi connectivity index (χ0) is 20.4. The zero-order valence-electron chi connectivity index (χ0n) is 16.7. The molecule has 0 atom stereocenters. The summed E-state index contributed by atoms with van der Waals surface area (Å²) in [4.78, 5) is 29.3. The van der Waals surface area contributed by atoms with Crippen LogP contribution in [-0.4, -0.2) is 71.5 Å². The molecule has 3 heterocycles. The molecular formula is C20H25N5O4. The highest BCUT2D eigenvalue weighted by molar-refractivity contribution is 5.95. The molecule has 1 N–H and O–H groups in total.